The minimum absolute atomic E-state index is 0.653. The molecule has 0 spiro atoms. The van der Waals surface area contributed by atoms with E-state index in [1.54, 1.807) is 23.5 Å². The van der Waals surface area contributed by atoms with Gasteiger partial charge in [-0.25, -0.2) is 4.98 Å². The van der Waals surface area contributed by atoms with Gasteiger partial charge in [0.1, 0.15) is 0 Å². The normalized spacial score (nSPS) is 10.9. The van der Waals surface area contributed by atoms with Crippen molar-refractivity contribution in [1.82, 2.24) is 4.98 Å². The fraction of sp³-hybridized carbons (Fsp3) is 0.0870. The summed E-state index contributed by atoms with van der Waals surface area (Å²) >= 11 is 3.25. The van der Waals surface area contributed by atoms with Gasteiger partial charge in [-0.3, -0.25) is 0 Å². The van der Waals surface area contributed by atoms with Gasteiger partial charge in [-0.15, -0.1) is 0 Å². The molecule has 0 aliphatic heterocycles. The third kappa shape index (κ3) is 4.46. The summed E-state index contributed by atoms with van der Waals surface area (Å²) in [5.74, 6) is 0.653. The first-order chi connectivity index (χ1) is 13.2. The Morgan fingerprint density at radius 3 is 1.81 bits per heavy atom. The summed E-state index contributed by atoms with van der Waals surface area (Å²) in [6.45, 7) is 4.19. The SMILES string of the molecule is Cc1ccc(Sc2nc(-c3ccccc3)oc2Sc2ccc(C)cc2)cc1. The summed E-state index contributed by atoms with van der Waals surface area (Å²) in [6, 6.07) is 27.0. The quantitative estimate of drug-likeness (QED) is 0.359. The lowest BCUT2D eigenvalue weighted by Gasteiger charge is -2.02. The van der Waals surface area contributed by atoms with E-state index < -0.39 is 0 Å². The van der Waals surface area contributed by atoms with Gasteiger partial charge in [0, 0.05) is 15.4 Å². The first-order valence-electron chi connectivity index (χ1n) is 8.73. The van der Waals surface area contributed by atoms with Crippen LogP contribution >= 0.6 is 23.5 Å². The molecule has 134 valence electrons. The van der Waals surface area contributed by atoms with Crippen molar-refractivity contribution in [3.8, 4) is 11.5 Å². The topological polar surface area (TPSA) is 26.0 Å². The second-order valence-corrected chi connectivity index (χ2v) is 8.42. The maximum atomic E-state index is 6.16. The Labute approximate surface area is 168 Å². The van der Waals surface area contributed by atoms with Crippen molar-refractivity contribution in [2.45, 2.75) is 33.8 Å². The average Bonchev–Trinajstić information content (AvgIpc) is 3.08. The van der Waals surface area contributed by atoms with E-state index in [1.165, 1.54) is 11.1 Å². The number of hydrogen-bond donors (Lipinski definition) is 0. The Morgan fingerprint density at radius 2 is 1.22 bits per heavy atom. The van der Waals surface area contributed by atoms with E-state index in [9.17, 15) is 0 Å². The highest BCUT2D eigenvalue weighted by Crippen LogP contribution is 2.41. The first kappa shape index (κ1) is 18.0. The molecule has 0 N–H and O–H groups in total. The number of oxazole rings is 1. The van der Waals surface area contributed by atoms with Crippen molar-refractivity contribution >= 4 is 23.5 Å². The summed E-state index contributed by atoms with van der Waals surface area (Å²) in [5.41, 5.74) is 3.48. The molecule has 0 atom stereocenters. The average molecular weight is 390 g/mol. The highest BCUT2D eigenvalue weighted by Gasteiger charge is 2.17. The van der Waals surface area contributed by atoms with Gasteiger partial charge in [-0.2, -0.15) is 0 Å². The molecule has 0 saturated heterocycles. The standard InChI is InChI=1S/C23H19NOS2/c1-16-8-12-19(13-9-16)26-22-23(27-20-14-10-17(2)11-15-20)25-21(24-22)18-6-4-3-5-7-18/h3-15H,1-2H3. The highest BCUT2D eigenvalue weighted by molar-refractivity contribution is 8.02. The van der Waals surface area contributed by atoms with Crippen molar-refractivity contribution in [3.05, 3.63) is 90.0 Å². The van der Waals surface area contributed by atoms with Gasteiger partial charge < -0.3 is 4.42 Å². The molecule has 4 heteroatoms. The number of benzene rings is 3. The van der Waals surface area contributed by atoms with E-state index in [0.29, 0.717) is 5.89 Å². The van der Waals surface area contributed by atoms with Gasteiger partial charge in [0.2, 0.25) is 5.89 Å². The zero-order chi connectivity index (χ0) is 18.6. The second-order valence-electron chi connectivity index (χ2n) is 6.31. The lowest BCUT2D eigenvalue weighted by Crippen LogP contribution is -1.79. The summed E-state index contributed by atoms with van der Waals surface area (Å²) in [7, 11) is 0. The molecule has 0 unspecified atom stereocenters. The lowest BCUT2D eigenvalue weighted by molar-refractivity contribution is 0.474. The highest BCUT2D eigenvalue weighted by atomic mass is 32.2. The predicted molar refractivity (Wildman–Crippen MR) is 113 cm³/mol. The van der Waals surface area contributed by atoms with E-state index >= 15 is 0 Å². The lowest BCUT2D eigenvalue weighted by atomic mass is 10.2. The Balaban J connectivity index is 1.69. The molecule has 0 saturated carbocycles. The number of aromatic nitrogens is 1. The zero-order valence-corrected chi connectivity index (χ0v) is 16.8. The van der Waals surface area contributed by atoms with Gasteiger partial charge in [-0.1, -0.05) is 65.4 Å². The molecule has 0 fully saturated rings. The van der Waals surface area contributed by atoms with E-state index in [-0.39, 0.29) is 0 Å². The Morgan fingerprint density at radius 1 is 0.667 bits per heavy atom. The van der Waals surface area contributed by atoms with Gasteiger partial charge in [0.15, 0.2) is 10.1 Å². The maximum absolute atomic E-state index is 6.16. The van der Waals surface area contributed by atoms with Crippen LogP contribution in [0.15, 0.2) is 103 Å². The molecule has 4 aromatic rings. The van der Waals surface area contributed by atoms with E-state index in [2.05, 4.69) is 62.4 Å². The monoisotopic (exact) mass is 389 g/mol. The van der Waals surface area contributed by atoms with Crippen molar-refractivity contribution in [2.24, 2.45) is 0 Å². The minimum Gasteiger partial charge on any atom is -0.428 e. The number of aryl methyl sites for hydroxylation is 2. The molecule has 2 nitrogen and oxygen atoms in total. The molecule has 1 aromatic heterocycles. The molecular formula is C23H19NOS2. The molecule has 1 heterocycles. The summed E-state index contributed by atoms with van der Waals surface area (Å²) in [5, 5.41) is 1.71. The molecule has 0 radical (unpaired) electrons. The third-order valence-corrected chi connectivity index (χ3v) is 6.13. The smallest absolute Gasteiger partial charge is 0.228 e. The summed E-state index contributed by atoms with van der Waals surface area (Å²) in [6.07, 6.45) is 0. The Hall–Kier alpha value is -2.43. The Bertz CT molecular complexity index is 957. The summed E-state index contributed by atoms with van der Waals surface area (Å²) in [4.78, 5) is 7.08. The minimum atomic E-state index is 0.653. The molecule has 4 rings (SSSR count). The van der Waals surface area contributed by atoms with Crippen LogP contribution in [0, 0.1) is 13.8 Å². The molecule has 0 aliphatic rings. The summed E-state index contributed by atoms with van der Waals surface area (Å²) < 4.78 is 6.16. The van der Waals surface area contributed by atoms with Gasteiger partial charge in [0.05, 0.1) is 0 Å². The molecule has 27 heavy (non-hydrogen) atoms. The van der Waals surface area contributed by atoms with Crippen LogP contribution in [0.3, 0.4) is 0 Å². The zero-order valence-electron chi connectivity index (χ0n) is 15.2. The molecule has 0 bridgehead atoms. The largest absolute Gasteiger partial charge is 0.428 e. The predicted octanol–water partition coefficient (Wildman–Crippen LogP) is 7.26. The maximum Gasteiger partial charge on any atom is 0.228 e. The Kier molecular flexibility index (Phi) is 5.37. The van der Waals surface area contributed by atoms with Gasteiger partial charge in [0.25, 0.3) is 0 Å². The van der Waals surface area contributed by atoms with E-state index in [1.807, 2.05) is 30.3 Å². The van der Waals surface area contributed by atoms with Crippen molar-refractivity contribution in [3.63, 3.8) is 0 Å². The molecular weight excluding hydrogens is 370 g/mol. The molecule has 0 amide bonds. The van der Waals surface area contributed by atoms with Crippen LogP contribution in [0.1, 0.15) is 11.1 Å². The van der Waals surface area contributed by atoms with Crippen LogP contribution in [-0.2, 0) is 0 Å². The number of nitrogens with zero attached hydrogens (tertiary/aromatic N) is 1. The van der Waals surface area contributed by atoms with Crippen molar-refractivity contribution in [2.75, 3.05) is 0 Å². The van der Waals surface area contributed by atoms with E-state index in [0.717, 1.165) is 25.5 Å². The van der Waals surface area contributed by atoms with Crippen LogP contribution < -0.4 is 0 Å². The first-order valence-corrected chi connectivity index (χ1v) is 10.4. The molecule has 3 aromatic carbocycles. The third-order valence-electron chi connectivity index (χ3n) is 4.05. The van der Waals surface area contributed by atoms with Crippen molar-refractivity contribution < 1.29 is 4.42 Å². The van der Waals surface area contributed by atoms with E-state index in [4.69, 9.17) is 9.40 Å². The van der Waals surface area contributed by atoms with Crippen LogP contribution in [0.2, 0.25) is 0 Å². The fourth-order valence-electron chi connectivity index (χ4n) is 2.56. The molecule has 0 aliphatic carbocycles. The fourth-order valence-corrected chi connectivity index (χ4v) is 4.30. The van der Waals surface area contributed by atoms with Crippen LogP contribution in [0.5, 0.6) is 0 Å². The van der Waals surface area contributed by atoms with Gasteiger partial charge >= 0.3 is 0 Å². The van der Waals surface area contributed by atoms with Gasteiger partial charge in [-0.05, 0) is 62.0 Å². The number of rotatable bonds is 5. The van der Waals surface area contributed by atoms with Crippen LogP contribution in [0.25, 0.3) is 11.5 Å². The second kappa shape index (κ2) is 8.07. The van der Waals surface area contributed by atoms with Crippen molar-refractivity contribution in [1.29, 1.82) is 0 Å². The number of hydrogen-bond acceptors (Lipinski definition) is 4. The van der Waals surface area contributed by atoms with Crippen LogP contribution in [-0.4, -0.2) is 4.98 Å². The van der Waals surface area contributed by atoms with Crippen LogP contribution in [0.4, 0.5) is 0 Å².